The van der Waals surface area contributed by atoms with Crippen molar-refractivity contribution >= 4 is 17.7 Å². The van der Waals surface area contributed by atoms with E-state index in [1.165, 1.54) is 11.8 Å². The minimum absolute atomic E-state index is 0.116. The zero-order valence-electron chi connectivity index (χ0n) is 25.5. The van der Waals surface area contributed by atoms with Crippen LogP contribution in [0.4, 0.5) is 0 Å². The Morgan fingerprint density at radius 1 is 0.935 bits per heavy atom. The molecule has 13 heteroatoms. The molecule has 3 amide bonds. The topological polar surface area (TPSA) is 146 Å². The SMILES string of the molecule is COc1cc2ccc1CNC(=O)CCc1ccc(c(OC)c1)OCC(=O)N[C@@H]1CN(C(=O)c3cn(-c4ccccc4)nn3)C[C@H]1O2. The van der Waals surface area contributed by atoms with E-state index in [1.54, 1.807) is 42.5 Å². The van der Waals surface area contributed by atoms with Gasteiger partial charge in [0.1, 0.15) is 17.6 Å². The number of hydrogen-bond donors (Lipinski definition) is 2. The molecule has 5 aliphatic rings. The molecule has 4 aromatic rings. The lowest BCUT2D eigenvalue weighted by atomic mass is 10.1. The van der Waals surface area contributed by atoms with Crippen LogP contribution >= 0.6 is 0 Å². The minimum Gasteiger partial charge on any atom is -0.496 e. The zero-order chi connectivity index (χ0) is 32.0. The molecule has 6 heterocycles. The van der Waals surface area contributed by atoms with E-state index in [2.05, 4.69) is 20.9 Å². The molecule has 1 fully saturated rings. The predicted octanol–water partition coefficient (Wildman–Crippen LogP) is 2.31. The average molecular weight is 627 g/mol. The number of aromatic nitrogens is 3. The number of amides is 3. The second kappa shape index (κ2) is 13.6. The summed E-state index contributed by atoms with van der Waals surface area (Å²) in [4.78, 5) is 40.9. The van der Waals surface area contributed by atoms with Gasteiger partial charge in [0.25, 0.3) is 11.8 Å². The first-order valence-electron chi connectivity index (χ1n) is 14.9. The standard InChI is InChI=1S/C33H34N6O7/c1-43-28-15-24-11-10-22(28)16-34-31(40)13-9-21-8-12-27(29(14-21)44-2)45-20-32(41)35-25-17-38(19-30(25)46-24)33(42)26-18-39(37-36-26)23-6-4-3-5-7-23/h3-8,10-12,14-15,18,25,30H,9,13,16-17,19-20H2,1-2H3,(H,34,40)(H,35,41)/t25-,30-/m1/s1. The first-order valence-corrected chi connectivity index (χ1v) is 14.9. The van der Waals surface area contributed by atoms with Crippen LogP contribution in [0.1, 0.15) is 28.0 Å². The van der Waals surface area contributed by atoms with Gasteiger partial charge in [0, 0.05) is 31.1 Å². The van der Waals surface area contributed by atoms with Gasteiger partial charge in [0.2, 0.25) is 5.91 Å². The number of carbonyl (C=O) groups excluding carboxylic acids is 3. The summed E-state index contributed by atoms with van der Waals surface area (Å²) >= 11 is 0. The predicted molar refractivity (Wildman–Crippen MR) is 165 cm³/mol. The van der Waals surface area contributed by atoms with Crippen LogP contribution in [0.15, 0.2) is 72.9 Å². The van der Waals surface area contributed by atoms with Gasteiger partial charge in [-0.1, -0.05) is 29.5 Å². The van der Waals surface area contributed by atoms with Crippen molar-refractivity contribution in [2.75, 3.05) is 33.9 Å². The number of para-hydroxylation sites is 1. The van der Waals surface area contributed by atoms with Crippen LogP contribution in [-0.4, -0.2) is 83.7 Å². The summed E-state index contributed by atoms with van der Waals surface area (Å²) in [6.07, 6.45) is 1.74. The number of methoxy groups -OCH3 is 2. The Hall–Kier alpha value is -5.59. The summed E-state index contributed by atoms with van der Waals surface area (Å²) in [5.74, 6) is 1.00. The molecular formula is C33H34N6O7. The molecule has 2 atom stereocenters. The van der Waals surface area contributed by atoms with E-state index in [1.807, 2.05) is 42.5 Å². The number of rotatable bonds is 4. The van der Waals surface area contributed by atoms with Crippen LogP contribution in [0.5, 0.6) is 23.0 Å². The third kappa shape index (κ3) is 6.88. The fourth-order valence-corrected chi connectivity index (χ4v) is 5.47. The highest BCUT2D eigenvalue weighted by atomic mass is 16.5. The molecular weight excluding hydrogens is 592 g/mol. The molecule has 0 radical (unpaired) electrons. The maximum atomic E-state index is 13.6. The monoisotopic (exact) mass is 626 g/mol. The Morgan fingerprint density at radius 2 is 1.76 bits per heavy atom. The van der Waals surface area contributed by atoms with Gasteiger partial charge in [0.05, 0.1) is 38.7 Å². The molecule has 3 aromatic carbocycles. The molecule has 0 saturated carbocycles. The lowest BCUT2D eigenvalue weighted by Gasteiger charge is -2.22. The number of likely N-dealkylation sites (tertiary alicyclic amines) is 1. The average Bonchev–Trinajstić information content (AvgIpc) is 3.73. The highest BCUT2D eigenvalue weighted by Gasteiger charge is 2.39. The third-order valence-corrected chi connectivity index (χ3v) is 7.88. The highest BCUT2D eigenvalue weighted by molar-refractivity contribution is 5.92. The number of nitrogens with one attached hydrogen (secondary N) is 2. The fourth-order valence-electron chi connectivity index (χ4n) is 5.47. The van der Waals surface area contributed by atoms with Crippen LogP contribution in [0.25, 0.3) is 5.69 Å². The minimum atomic E-state index is -0.605. The molecule has 0 unspecified atom stereocenters. The van der Waals surface area contributed by atoms with E-state index in [-0.39, 0.29) is 50.2 Å². The van der Waals surface area contributed by atoms with E-state index in [4.69, 9.17) is 18.9 Å². The first kappa shape index (κ1) is 30.4. The van der Waals surface area contributed by atoms with E-state index < -0.39 is 18.1 Å². The summed E-state index contributed by atoms with van der Waals surface area (Å²) in [5, 5.41) is 14.1. The summed E-state index contributed by atoms with van der Waals surface area (Å²) in [7, 11) is 3.06. The summed E-state index contributed by atoms with van der Waals surface area (Å²) in [6, 6.07) is 19.5. The van der Waals surface area contributed by atoms with E-state index in [0.29, 0.717) is 29.4 Å². The van der Waals surface area contributed by atoms with Gasteiger partial charge >= 0.3 is 0 Å². The molecule has 0 aliphatic carbocycles. The van der Waals surface area contributed by atoms with Gasteiger partial charge < -0.3 is 34.5 Å². The summed E-state index contributed by atoms with van der Waals surface area (Å²) in [5.41, 5.74) is 2.60. The molecule has 13 nitrogen and oxygen atoms in total. The Morgan fingerprint density at radius 3 is 2.57 bits per heavy atom. The third-order valence-electron chi connectivity index (χ3n) is 7.88. The van der Waals surface area contributed by atoms with Crippen LogP contribution in [0.2, 0.25) is 0 Å². The Kier molecular flexibility index (Phi) is 8.99. The Labute approximate surface area is 265 Å². The van der Waals surface area contributed by atoms with Crippen molar-refractivity contribution in [2.24, 2.45) is 0 Å². The van der Waals surface area contributed by atoms with Crippen LogP contribution in [0, 0.1) is 0 Å². The van der Waals surface area contributed by atoms with Crippen LogP contribution < -0.4 is 29.6 Å². The lowest BCUT2D eigenvalue weighted by Crippen LogP contribution is -2.46. The fraction of sp³-hybridized carbons (Fsp3) is 0.303. The van der Waals surface area contributed by atoms with E-state index in [9.17, 15) is 14.4 Å². The van der Waals surface area contributed by atoms with Gasteiger partial charge in [-0.3, -0.25) is 14.4 Å². The van der Waals surface area contributed by atoms with E-state index >= 15 is 0 Å². The summed E-state index contributed by atoms with van der Waals surface area (Å²) < 4.78 is 24.8. The van der Waals surface area contributed by atoms with Crippen molar-refractivity contribution < 1.29 is 33.3 Å². The number of ether oxygens (including phenoxy) is 4. The van der Waals surface area contributed by atoms with Crippen molar-refractivity contribution in [1.82, 2.24) is 30.5 Å². The van der Waals surface area contributed by atoms with Crippen molar-refractivity contribution in [3.63, 3.8) is 0 Å². The normalized spacial score (nSPS) is 18.5. The number of carbonyl (C=O) groups is 3. The summed E-state index contributed by atoms with van der Waals surface area (Å²) in [6.45, 7) is 0.334. The Balaban J connectivity index is 1.25. The van der Waals surface area contributed by atoms with Crippen molar-refractivity contribution in [2.45, 2.75) is 31.5 Å². The van der Waals surface area contributed by atoms with Crippen LogP contribution in [-0.2, 0) is 22.6 Å². The van der Waals surface area contributed by atoms with Crippen molar-refractivity contribution in [3.8, 4) is 28.7 Å². The second-order valence-electron chi connectivity index (χ2n) is 10.9. The van der Waals surface area contributed by atoms with Gasteiger partial charge in [-0.15, -0.1) is 5.10 Å². The number of hydrogen-bond acceptors (Lipinski definition) is 9. The number of nitrogens with zero attached hydrogens (tertiary/aromatic N) is 4. The lowest BCUT2D eigenvalue weighted by molar-refractivity contribution is -0.124. The molecule has 1 aromatic heterocycles. The molecule has 2 N–H and O–H groups in total. The van der Waals surface area contributed by atoms with Gasteiger partial charge in [-0.05, 0) is 48.4 Å². The van der Waals surface area contributed by atoms with Crippen LogP contribution in [0.3, 0.4) is 0 Å². The van der Waals surface area contributed by atoms with Gasteiger partial charge in [-0.25, -0.2) is 4.68 Å². The molecule has 238 valence electrons. The maximum Gasteiger partial charge on any atom is 0.276 e. The van der Waals surface area contributed by atoms with E-state index in [0.717, 1.165) is 16.8 Å². The quantitative estimate of drug-likeness (QED) is 0.349. The molecule has 4 bridgehead atoms. The molecule has 46 heavy (non-hydrogen) atoms. The molecule has 9 rings (SSSR count). The van der Waals surface area contributed by atoms with Crippen molar-refractivity contribution in [3.05, 3.63) is 89.7 Å². The van der Waals surface area contributed by atoms with Gasteiger partial charge in [-0.2, -0.15) is 0 Å². The molecule has 5 aliphatic heterocycles. The molecule has 0 spiro atoms. The number of aryl methyl sites for hydroxylation is 1. The van der Waals surface area contributed by atoms with Crippen molar-refractivity contribution in [1.29, 1.82) is 0 Å². The number of benzene rings is 3. The second-order valence-corrected chi connectivity index (χ2v) is 10.9. The Bertz CT molecular complexity index is 1730. The maximum absolute atomic E-state index is 13.6. The largest absolute Gasteiger partial charge is 0.496 e. The smallest absolute Gasteiger partial charge is 0.276 e. The van der Waals surface area contributed by atoms with Gasteiger partial charge in [0.15, 0.2) is 23.8 Å². The zero-order valence-corrected chi connectivity index (χ0v) is 25.5. The highest BCUT2D eigenvalue weighted by Crippen LogP contribution is 2.30. The molecule has 1 saturated heterocycles. The first-order chi connectivity index (χ1) is 22.4.